The maximum absolute atomic E-state index is 11.3. The van der Waals surface area contributed by atoms with E-state index in [2.05, 4.69) is 12.2 Å². The van der Waals surface area contributed by atoms with E-state index in [4.69, 9.17) is 5.11 Å². The highest BCUT2D eigenvalue weighted by atomic mass is 32.2. The SMILES string of the molecule is CCCCSCC(=O)N[C@H](CC)CO. The van der Waals surface area contributed by atoms with Crippen LogP contribution in [0.15, 0.2) is 0 Å². The van der Waals surface area contributed by atoms with E-state index in [9.17, 15) is 4.79 Å². The summed E-state index contributed by atoms with van der Waals surface area (Å²) in [6, 6.07) is -0.0747. The van der Waals surface area contributed by atoms with Gasteiger partial charge in [0.25, 0.3) is 0 Å². The summed E-state index contributed by atoms with van der Waals surface area (Å²) in [6.45, 7) is 4.12. The van der Waals surface area contributed by atoms with Crippen LogP contribution in [-0.4, -0.2) is 35.2 Å². The van der Waals surface area contributed by atoms with Crippen LogP contribution in [0.5, 0.6) is 0 Å². The van der Waals surface area contributed by atoms with Gasteiger partial charge in [0.05, 0.1) is 18.4 Å². The molecule has 2 N–H and O–H groups in total. The van der Waals surface area contributed by atoms with Gasteiger partial charge in [-0.2, -0.15) is 11.8 Å². The number of aliphatic hydroxyl groups excluding tert-OH is 1. The maximum Gasteiger partial charge on any atom is 0.230 e. The fraction of sp³-hybridized carbons (Fsp3) is 0.900. The van der Waals surface area contributed by atoms with Gasteiger partial charge in [-0.15, -0.1) is 0 Å². The third kappa shape index (κ3) is 7.21. The number of hydrogen-bond donors (Lipinski definition) is 2. The second-order valence-electron chi connectivity index (χ2n) is 3.26. The Morgan fingerprint density at radius 2 is 2.21 bits per heavy atom. The van der Waals surface area contributed by atoms with Crippen LogP contribution in [0.1, 0.15) is 33.1 Å². The molecule has 0 radical (unpaired) electrons. The lowest BCUT2D eigenvalue weighted by Gasteiger charge is -2.13. The maximum atomic E-state index is 11.3. The summed E-state index contributed by atoms with van der Waals surface area (Å²) in [4.78, 5) is 11.3. The van der Waals surface area contributed by atoms with Crippen LogP contribution in [0.2, 0.25) is 0 Å². The molecule has 0 bridgehead atoms. The molecule has 14 heavy (non-hydrogen) atoms. The van der Waals surface area contributed by atoms with Crippen molar-refractivity contribution in [3.05, 3.63) is 0 Å². The lowest BCUT2D eigenvalue weighted by Crippen LogP contribution is -2.38. The van der Waals surface area contributed by atoms with Gasteiger partial charge in [0.15, 0.2) is 0 Å². The van der Waals surface area contributed by atoms with E-state index in [-0.39, 0.29) is 18.6 Å². The molecule has 84 valence electrons. The van der Waals surface area contributed by atoms with Crippen LogP contribution in [0.3, 0.4) is 0 Å². The summed E-state index contributed by atoms with van der Waals surface area (Å²) < 4.78 is 0. The van der Waals surface area contributed by atoms with Gasteiger partial charge < -0.3 is 10.4 Å². The van der Waals surface area contributed by atoms with E-state index in [0.717, 1.165) is 18.6 Å². The average molecular weight is 219 g/mol. The van der Waals surface area contributed by atoms with Gasteiger partial charge in [-0.05, 0) is 18.6 Å². The van der Waals surface area contributed by atoms with Gasteiger partial charge in [0.1, 0.15) is 0 Å². The second kappa shape index (κ2) is 9.34. The fourth-order valence-electron chi connectivity index (χ4n) is 0.957. The van der Waals surface area contributed by atoms with Crippen molar-refractivity contribution in [2.75, 3.05) is 18.1 Å². The van der Waals surface area contributed by atoms with Crippen molar-refractivity contribution in [2.45, 2.75) is 39.2 Å². The highest BCUT2D eigenvalue weighted by Crippen LogP contribution is 2.03. The molecular weight excluding hydrogens is 198 g/mol. The summed E-state index contributed by atoms with van der Waals surface area (Å²) in [5, 5.41) is 11.6. The Morgan fingerprint density at radius 3 is 2.71 bits per heavy atom. The van der Waals surface area contributed by atoms with E-state index in [0.29, 0.717) is 5.75 Å². The number of hydrogen-bond acceptors (Lipinski definition) is 3. The molecule has 0 aliphatic rings. The van der Waals surface area contributed by atoms with Crippen LogP contribution < -0.4 is 5.32 Å². The number of nitrogens with one attached hydrogen (secondary N) is 1. The summed E-state index contributed by atoms with van der Waals surface area (Å²) in [5.74, 6) is 1.59. The van der Waals surface area contributed by atoms with Crippen molar-refractivity contribution >= 4 is 17.7 Å². The van der Waals surface area contributed by atoms with Crippen molar-refractivity contribution in [1.82, 2.24) is 5.32 Å². The molecule has 0 spiro atoms. The van der Waals surface area contributed by atoms with Crippen LogP contribution in [0.4, 0.5) is 0 Å². The smallest absolute Gasteiger partial charge is 0.230 e. The zero-order chi connectivity index (χ0) is 10.8. The zero-order valence-electron chi connectivity index (χ0n) is 9.08. The Hall–Kier alpha value is -0.220. The molecule has 0 aromatic rings. The average Bonchev–Trinajstić information content (AvgIpc) is 2.21. The van der Waals surface area contributed by atoms with E-state index >= 15 is 0 Å². The molecule has 0 saturated heterocycles. The molecule has 0 saturated carbocycles. The van der Waals surface area contributed by atoms with Gasteiger partial charge in [0.2, 0.25) is 5.91 Å². The standard InChI is InChI=1S/C10H21NO2S/c1-3-5-6-14-8-10(13)11-9(4-2)7-12/h9,12H,3-8H2,1-2H3,(H,11,13)/t9-/m1/s1. The third-order valence-electron chi connectivity index (χ3n) is 1.95. The monoisotopic (exact) mass is 219 g/mol. The van der Waals surface area contributed by atoms with E-state index in [1.54, 1.807) is 11.8 Å². The summed E-state index contributed by atoms with van der Waals surface area (Å²) in [7, 11) is 0. The first-order valence-electron chi connectivity index (χ1n) is 5.22. The molecule has 1 amide bonds. The van der Waals surface area contributed by atoms with Gasteiger partial charge in [0, 0.05) is 0 Å². The van der Waals surface area contributed by atoms with E-state index in [1.807, 2.05) is 6.92 Å². The lowest BCUT2D eigenvalue weighted by atomic mass is 10.2. The first-order chi connectivity index (χ1) is 6.74. The first-order valence-corrected chi connectivity index (χ1v) is 6.38. The zero-order valence-corrected chi connectivity index (χ0v) is 9.90. The van der Waals surface area contributed by atoms with Gasteiger partial charge in [-0.3, -0.25) is 4.79 Å². The number of rotatable bonds is 8. The molecule has 0 aliphatic heterocycles. The molecule has 0 heterocycles. The minimum Gasteiger partial charge on any atom is -0.394 e. The Morgan fingerprint density at radius 1 is 1.50 bits per heavy atom. The largest absolute Gasteiger partial charge is 0.394 e. The van der Waals surface area contributed by atoms with Crippen LogP contribution in [0.25, 0.3) is 0 Å². The van der Waals surface area contributed by atoms with Gasteiger partial charge >= 0.3 is 0 Å². The summed E-state index contributed by atoms with van der Waals surface area (Å²) in [6.07, 6.45) is 3.11. The first kappa shape index (κ1) is 13.8. The Balaban J connectivity index is 3.44. The quantitative estimate of drug-likeness (QED) is 0.607. The third-order valence-corrected chi connectivity index (χ3v) is 3.00. The number of carbonyl (C=O) groups is 1. The Bertz CT molecular complexity index is 149. The summed E-state index contributed by atoms with van der Waals surface area (Å²) >= 11 is 1.66. The van der Waals surface area contributed by atoms with Gasteiger partial charge in [-0.1, -0.05) is 20.3 Å². The molecule has 0 aromatic heterocycles. The molecule has 0 aromatic carbocycles. The predicted octanol–water partition coefficient (Wildman–Crippen LogP) is 1.41. The highest BCUT2D eigenvalue weighted by molar-refractivity contribution is 7.99. The molecular formula is C10H21NO2S. The number of aliphatic hydroxyl groups is 1. The van der Waals surface area contributed by atoms with Crippen molar-refractivity contribution < 1.29 is 9.90 Å². The van der Waals surface area contributed by atoms with E-state index < -0.39 is 0 Å². The molecule has 0 aliphatic carbocycles. The van der Waals surface area contributed by atoms with Crippen molar-refractivity contribution in [3.8, 4) is 0 Å². The Kier molecular flexibility index (Phi) is 9.19. The fourth-order valence-corrected chi connectivity index (χ4v) is 1.86. The lowest BCUT2D eigenvalue weighted by molar-refractivity contribution is -0.119. The number of carbonyl (C=O) groups excluding carboxylic acids is 1. The van der Waals surface area contributed by atoms with E-state index in [1.165, 1.54) is 6.42 Å². The Labute approximate surface area is 90.7 Å². The number of unbranched alkanes of at least 4 members (excludes halogenated alkanes) is 1. The molecule has 1 atom stereocenters. The number of amides is 1. The molecule has 4 heteroatoms. The molecule has 0 rings (SSSR count). The highest BCUT2D eigenvalue weighted by Gasteiger charge is 2.08. The molecule has 0 unspecified atom stereocenters. The van der Waals surface area contributed by atoms with Crippen LogP contribution >= 0.6 is 11.8 Å². The van der Waals surface area contributed by atoms with Crippen LogP contribution in [-0.2, 0) is 4.79 Å². The van der Waals surface area contributed by atoms with Crippen LogP contribution in [0, 0.1) is 0 Å². The van der Waals surface area contributed by atoms with Crippen molar-refractivity contribution in [1.29, 1.82) is 0 Å². The molecule has 3 nitrogen and oxygen atoms in total. The minimum absolute atomic E-state index is 0.0296. The summed E-state index contributed by atoms with van der Waals surface area (Å²) in [5.41, 5.74) is 0. The number of thioether (sulfide) groups is 1. The van der Waals surface area contributed by atoms with Gasteiger partial charge in [-0.25, -0.2) is 0 Å². The predicted molar refractivity (Wildman–Crippen MR) is 61.5 cm³/mol. The minimum atomic E-state index is -0.0747. The van der Waals surface area contributed by atoms with Crippen molar-refractivity contribution in [2.24, 2.45) is 0 Å². The second-order valence-corrected chi connectivity index (χ2v) is 4.37. The van der Waals surface area contributed by atoms with Crippen molar-refractivity contribution in [3.63, 3.8) is 0 Å². The normalized spacial score (nSPS) is 12.5. The topological polar surface area (TPSA) is 49.3 Å². The molecule has 0 fully saturated rings.